The molecule has 0 fully saturated rings. The van der Waals surface area contributed by atoms with Crippen LogP contribution in [0.1, 0.15) is 51.8 Å². The Morgan fingerprint density at radius 2 is 1.78 bits per heavy atom. The summed E-state index contributed by atoms with van der Waals surface area (Å²) in [5, 5.41) is 0.592. The highest BCUT2D eigenvalue weighted by Gasteiger charge is 2.34. The first-order valence-electron chi connectivity index (χ1n) is 12.5. The molecule has 0 N–H and O–H groups in total. The van der Waals surface area contributed by atoms with Crippen LogP contribution in [0, 0.1) is 5.92 Å². The molecule has 1 atom stereocenters. The molecule has 1 aliphatic rings. The summed E-state index contributed by atoms with van der Waals surface area (Å²) < 4.78 is 7.97. The molecule has 1 aliphatic heterocycles. The summed E-state index contributed by atoms with van der Waals surface area (Å²) >= 11 is 7.49. The third kappa shape index (κ3) is 5.73. The van der Waals surface area contributed by atoms with Crippen molar-refractivity contribution in [2.24, 2.45) is 10.9 Å². The molecule has 0 bridgehead atoms. The maximum atomic E-state index is 13.8. The molecule has 1 aromatic heterocycles. The lowest BCUT2D eigenvalue weighted by molar-refractivity contribution is -0.127. The molecule has 0 radical (unpaired) electrons. The summed E-state index contributed by atoms with van der Waals surface area (Å²) in [6.45, 7) is 11.7. The van der Waals surface area contributed by atoms with Crippen LogP contribution >= 0.6 is 22.9 Å². The summed E-state index contributed by atoms with van der Waals surface area (Å²) in [4.78, 5) is 34.4. The number of fused-ring (bicyclic) bond motifs is 1. The molecule has 37 heavy (non-hydrogen) atoms. The van der Waals surface area contributed by atoms with Crippen molar-refractivity contribution in [3.05, 3.63) is 95.6 Å². The number of hydrogen-bond donors (Lipinski definition) is 0. The average molecular weight is 538 g/mol. The number of thiazole rings is 1. The number of aromatic nitrogens is 1. The average Bonchev–Trinajstić information content (AvgIpc) is 3.18. The van der Waals surface area contributed by atoms with Crippen LogP contribution in [-0.4, -0.2) is 35.1 Å². The second-order valence-electron chi connectivity index (χ2n) is 9.38. The zero-order chi connectivity index (χ0) is 26.7. The van der Waals surface area contributed by atoms with Crippen molar-refractivity contribution in [3.63, 3.8) is 0 Å². The lowest BCUT2D eigenvalue weighted by atomic mass is 9.94. The number of amides is 1. The monoisotopic (exact) mass is 537 g/mol. The molecule has 0 unspecified atom stereocenters. The number of ether oxygens (including phenoxy) is 1. The van der Waals surface area contributed by atoms with E-state index < -0.39 is 6.04 Å². The van der Waals surface area contributed by atoms with Crippen LogP contribution in [0.25, 0.3) is 6.08 Å². The first-order chi connectivity index (χ1) is 17.7. The molecule has 8 heteroatoms. The van der Waals surface area contributed by atoms with E-state index >= 15 is 0 Å². The minimum atomic E-state index is -0.587. The van der Waals surface area contributed by atoms with Gasteiger partial charge < -0.3 is 9.64 Å². The quantitative estimate of drug-likeness (QED) is 0.415. The normalized spacial score (nSPS) is 15.5. The Morgan fingerprint density at radius 3 is 2.38 bits per heavy atom. The number of rotatable bonds is 8. The fourth-order valence-corrected chi connectivity index (χ4v) is 5.48. The first-order valence-corrected chi connectivity index (χ1v) is 13.7. The maximum absolute atomic E-state index is 13.8. The summed E-state index contributed by atoms with van der Waals surface area (Å²) in [6.07, 6.45) is 1.86. The van der Waals surface area contributed by atoms with E-state index in [0.717, 1.165) is 16.9 Å². The van der Waals surface area contributed by atoms with E-state index in [1.54, 1.807) is 21.6 Å². The molecule has 194 valence electrons. The van der Waals surface area contributed by atoms with Crippen molar-refractivity contribution in [2.75, 3.05) is 19.7 Å². The second kappa shape index (κ2) is 11.5. The molecule has 2 aromatic carbocycles. The number of likely N-dealkylation sites (N-methyl/N-ethyl adjacent to an activating group) is 1. The van der Waals surface area contributed by atoms with Crippen molar-refractivity contribution in [1.29, 1.82) is 0 Å². The highest BCUT2D eigenvalue weighted by Crippen LogP contribution is 2.31. The van der Waals surface area contributed by atoms with Gasteiger partial charge in [-0.15, -0.1) is 0 Å². The molecule has 2 heterocycles. The topological polar surface area (TPSA) is 63.9 Å². The third-order valence-electron chi connectivity index (χ3n) is 6.25. The SMILES string of the molecule is CCN(CC)C(=O)C1=C(C)N=c2s/c(=C\c3ccc(OCC(C)C)cc3)c(=O)n2[C@@H]1c1ccc(Cl)cc1. The van der Waals surface area contributed by atoms with Crippen LogP contribution in [0.3, 0.4) is 0 Å². The number of benzene rings is 2. The van der Waals surface area contributed by atoms with Crippen LogP contribution in [0.15, 0.2) is 69.6 Å². The van der Waals surface area contributed by atoms with Gasteiger partial charge in [-0.3, -0.25) is 14.2 Å². The van der Waals surface area contributed by atoms with E-state index in [4.69, 9.17) is 21.3 Å². The van der Waals surface area contributed by atoms with Crippen molar-refractivity contribution in [1.82, 2.24) is 9.47 Å². The van der Waals surface area contributed by atoms with Gasteiger partial charge in [0, 0.05) is 18.1 Å². The van der Waals surface area contributed by atoms with Gasteiger partial charge in [-0.05, 0) is 68.2 Å². The zero-order valence-corrected chi connectivity index (χ0v) is 23.4. The lowest BCUT2D eigenvalue weighted by Crippen LogP contribution is -2.43. The van der Waals surface area contributed by atoms with Gasteiger partial charge in [-0.25, -0.2) is 4.99 Å². The fourth-order valence-electron chi connectivity index (χ4n) is 4.31. The van der Waals surface area contributed by atoms with Gasteiger partial charge in [-0.2, -0.15) is 0 Å². The highest BCUT2D eigenvalue weighted by atomic mass is 35.5. The molecule has 4 rings (SSSR count). The Bertz CT molecular complexity index is 1480. The predicted molar refractivity (Wildman–Crippen MR) is 150 cm³/mol. The molecular weight excluding hydrogens is 506 g/mol. The number of carbonyl (C=O) groups is 1. The third-order valence-corrected chi connectivity index (χ3v) is 7.48. The number of hydrogen-bond acceptors (Lipinski definition) is 5. The number of carbonyl (C=O) groups excluding carboxylic acids is 1. The van der Waals surface area contributed by atoms with Crippen LogP contribution in [0.2, 0.25) is 5.02 Å². The van der Waals surface area contributed by atoms with Crippen molar-refractivity contribution >= 4 is 34.9 Å². The van der Waals surface area contributed by atoms with E-state index in [9.17, 15) is 9.59 Å². The molecule has 3 aromatic rings. The number of halogens is 1. The van der Waals surface area contributed by atoms with Gasteiger partial charge in [0.15, 0.2) is 4.80 Å². The predicted octanol–water partition coefficient (Wildman–Crippen LogP) is 4.79. The first kappa shape index (κ1) is 26.9. The molecule has 1 amide bonds. The Balaban J connectivity index is 1.82. The zero-order valence-electron chi connectivity index (χ0n) is 21.8. The standard InChI is InChI=1S/C29H32ClN3O3S/c1-6-32(7-2)28(35)25-19(5)31-29-33(26(25)21-10-12-22(30)13-11-21)27(34)24(37-29)16-20-8-14-23(15-9-20)36-17-18(3)4/h8-16,18,26H,6-7,17H2,1-5H3/b24-16-/t26-/m1/s1. The van der Waals surface area contributed by atoms with Gasteiger partial charge in [0.25, 0.3) is 11.5 Å². The highest BCUT2D eigenvalue weighted by molar-refractivity contribution is 7.07. The molecule has 6 nitrogen and oxygen atoms in total. The van der Waals surface area contributed by atoms with Gasteiger partial charge in [-0.1, -0.05) is 61.1 Å². The Kier molecular flexibility index (Phi) is 8.35. The van der Waals surface area contributed by atoms with E-state index in [0.29, 0.717) is 51.2 Å². The minimum Gasteiger partial charge on any atom is -0.493 e. The maximum Gasteiger partial charge on any atom is 0.271 e. The van der Waals surface area contributed by atoms with Gasteiger partial charge >= 0.3 is 0 Å². The van der Waals surface area contributed by atoms with Crippen LogP contribution in [0.4, 0.5) is 0 Å². The van der Waals surface area contributed by atoms with Crippen molar-refractivity contribution in [3.8, 4) is 5.75 Å². The molecule has 0 saturated carbocycles. The van der Waals surface area contributed by atoms with Crippen LogP contribution in [0.5, 0.6) is 5.75 Å². The summed E-state index contributed by atoms with van der Waals surface area (Å²) in [5.41, 5.74) is 2.66. The molecule has 0 saturated heterocycles. The number of nitrogens with zero attached hydrogens (tertiary/aromatic N) is 3. The van der Waals surface area contributed by atoms with Gasteiger partial charge in [0.1, 0.15) is 5.75 Å². The number of allylic oxidation sites excluding steroid dienone is 1. The molecule has 0 spiro atoms. The van der Waals surface area contributed by atoms with Gasteiger partial charge in [0.05, 0.1) is 28.5 Å². The summed E-state index contributed by atoms with van der Waals surface area (Å²) in [7, 11) is 0. The Hall–Kier alpha value is -3.16. The minimum absolute atomic E-state index is 0.113. The van der Waals surface area contributed by atoms with E-state index in [2.05, 4.69) is 13.8 Å². The Morgan fingerprint density at radius 1 is 1.14 bits per heavy atom. The van der Waals surface area contributed by atoms with Gasteiger partial charge in [0.2, 0.25) is 0 Å². The lowest BCUT2D eigenvalue weighted by Gasteiger charge is -2.29. The Labute approximate surface area is 226 Å². The summed E-state index contributed by atoms with van der Waals surface area (Å²) in [5.74, 6) is 1.12. The fraction of sp³-hybridized carbons (Fsp3) is 0.345. The van der Waals surface area contributed by atoms with Crippen molar-refractivity contribution < 1.29 is 9.53 Å². The van der Waals surface area contributed by atoms with Crippen LogP contribution in [-0.2, 0) is 4.79 Å². The van der Waals surface area contributed by atoms with E-state index in [-0.39, 0.29) is 11.5 Å². The summed E-state index contributed by atoms with van der Waals surface area (Å²) in [6, 6.07) is 14.4. The largest absolute Gasteiger partial charge is 0.493 e. The molecule has 0 aliphatic carbocycles. The van der Waals surface area contributed by atoms with E-state index in [1.165, 1.54) is 11.3 Å². The second-order valence-corrected chi connectivity index (χ2v) is 10.8. The van der Waals surface area contributed by atoms with Crippen molar-refractivity contribution in [2.45, 2.75) is 40.7 Å². The van der Waals surface area contributed by atoms with Crippen LogP contribution < -0.4 is 19.6 Å². The molecular formula is C29H32ClN3O3S. The smallest absolute Gasteiger partial charge is 0.271 e. The van der Waals surface area contributed by atoms with E-state index in [1.807, 2.05) is 63.2 Å².